The molecule has 1 aromatic rings. The Balaban J connectivity index is 2.36. The molecule has 1 N–H and O–H groups in total. The van der Waals surface area contributed by atoms with E-state index in [0.717, 1.165) is 19.5 Å². The smallest absolute Gasteiger partial charge is 0.311 e. The Hall–Kier alpha value is -1.85. The molecule has 1 aliphatic rings. The zero-order valence-electron chi connectivity index (χ0n) is 10.7. The zero-order valence-corrected chi connectivity index (χ0v) is 10.7. The van der Waals surface area contributed by atoms with Crippen LogP contribution in [0.3, 0.4) is 0 Å². The van der Waals surface area contributed by atoms with Gasteiger partial charge in [-0.25, -0.2) is 4.98 Å². The van der Waals surface area contributed by atoms with Crippen LogP contribution in [0.25, 0.3) is 0 Å². The minimum Gasteiger partial charge on any atom is -0.373 e. The van der Waals surface area contributed by atoms with Crippen LogP contribution >= 0.6 is 0 Å². The number of hydrogen-bond acceptors (Lipinski definition) is 5. The fourth-order valence-electron chi connectivity index (χ4n) is 2.34. The molecule has 1 unspecified atom stereocenters. The maximum Gasteiger partial charge on any atom is 0.311 e. The van der Waals surface area contributed by atoms with Gasteiger partial charge in [0.2, 0.25) is 5.82 Å². The van der Waals surface area contributed by atoms with Crippen LogP contribution in [0.1, 0.15) is 19.8 Å². The molecule has 0 spiro atoms. The van der Waals surface area contributed by atoms with Crippen molar-refractivity contribution in [3.8, 4) is 0 Å². The summed E-state index contributed by atoms with van der Waals surface area (Å²) in [6, 6.07) is 3.16. The third-order valence-electron chi connectivity index (χ3n) is 3.26. The molecule has 18 heavy (non-hydrogen) atoms. The summed E-state index contributed by atoms with van der Waals surface area (Å²) in [4.78, 5) is 17.1. The molecule has 0 bridgehead atoms. The van der Waals surface area contributed by atoms with Gasteiger partial charge >= 0.3 is 5.69 Å². The highest BCUT2D eigenvalue weighted by Crippen LogP contribution is 2.30. The Bertz CT molecular complexity index is 450. The topological polar surface area (TPSA) is 71.3 Å². The van der Waals surface area contributed by atoms with Gasteiger partial charge in [-0.3, -0.25) is 10.1 Å². The second-order valence-corrected chi connectivity index (χ2v) is 4.74. The van der Waals surface area contributed by atoms with E-state index < -0.39 is 0 Å². The summed E-state index contributed by atoms with van der Waals surface area (Å²) >= 11 is 0. The number of hydrogen-bond donors (Lipinski definition) is 1. The molecule has 0 aromatic carbocycles. The average Bonchev–Trinajstić information content (AvgIpc) is 2.38. The molecule has 0 aliphatic carbocycles. The van der Waals surface area contributed by atoms with E-state index in [-0.39, 0.29) is 10.6 Å². The van der Waals surface area contributed by atoms with Crippen LogP contribution < -0.4 is 10.2 Å². The first-order valence-corrected chi connectivity index (χ1v) is 6.20. The molecule has 1 atom stereocenters. The monoisotopic (exact) mass is 250 g/mol. The minimum atomic E-state index is -0.360. The van der Waals surface area contributed by atoms with E-state index in [2.05, 4.69) is 17.2 Å². The molecular formula is C12H18N4O2. The summed E-state index contributed by atoms with van der Waals surface area (Å²) in [5.74, 6) is 1.70. The quantitative estimate of drug-likeness (QED) is 0.658. The second kappa shape index (κ2) is 5.20. The van der Waals surface area contributed by atoms with Crippen molar-refractivity contribution >= 4 is 17.3 Å². The van der Waals surface area contributed by atoms with Crippen LogP contribution in [0, 0.1) is 16.0 Å². The summed E-state index contributed by atoms with van der Waals surface area (Å²) in [5.41, 5.74) is 0.0862. The van der Waals surface area contributed by atoms with Crippen LogP contribution in [0.15, 0.2) is 12.1 Å². The summed E-state index contributed by atoms with van der Waals surface area (Å²) in [7, 11) is 1.76. The van der Waals surface area contributed by atoms with Gasteiger partial charge in [-0.1, -0.05) is 6.92 Å². The fraction of sp³-hybridized carbons (Fsp3) is 0.583. The average molecular weight is 250 g/mol. The summed E-state index contributed by atoms with van der Waals surface area (Å²) < 4.78 is 0. The van der Waals surface area contributed by atoms with Crippen molar-refractivity contribution in [3.63, 3.8) is 0 Å². The lowest BCUT2D eigenvalue weighted by molar-refractivity contribution is -0.384. The zero-order chi connectivity index (χ0) is 13.1. The lowest BCUT2D eigenvalue weighted by Gasteiger charge is -2.31. The van der Waals surface area contributed by atoms with Crippen molar-refractivity contribution in [1.29, 1.82) is 0 Å². The first-order valence-electron chi connectivity index (χ1n) is 6.20. The predicted octanol–water partition coefficient (Wildman–Crippen LogP) is 2.27. The van der Waals surface area contributed by atoms with Gasteiger partial charge in [0, 0.05) is 26.2 Å². The van der Waals surface area contributed by atoms with Crippen molar-refractivity contribution in [2.45, 2.75) is 19.8 Å². The lowest BCUT2D eigenvalue weighted by atomic mass is 10.0. The van der Waals surface area contributed by atoms with Gasteiger partial charge in [-0.15, -0.1) is 0 Å². The van der Waals surface area contributed by atoms with E-state index in [1.165, 1.54) is 12.5 Å². The highest BCUT2D eigenvalue weighted by atomic mass is 16.6. The largest absolute Gasteiger partial charge is 0.373 e. The maximum absolute atomic E-state index is 11.1. The van der Waals surface area contributed by atoms with E-state index in [9.17, 15) is 10.1 Å². The van der Waals surface area contributed by atoms with Gasteiger partial charge < -0.3 is 10.2 Å². The maximum atomic E-state index is 11.1. The van der Waals surface area contributed by atoms with Crippen LogP contribution in [0.4, 0.5) is 17.3 Å². The normalized spacial score (nSPS) is 19.7. The Kier molecular flexibility index (Phi) is 3.64. The second-order valence-electron chi connectivity index (χ2n) is 4.74. The number of aromatic nitrogens is 1. The number of piperidine rings is 1. The fourth-order valence-corrected chi connectivity index (χ4v) is 2.34. The van der Waals surface area contributed by atoms with Crippen molar-refractivity contribution in [2.75, 3.05) is 30.4 Å². The number of nitro groups is 1. The molecule has 2 rings (SSSR count). The summed E-state index contributed by atoms with van der Waals surface area (Å²) in [5, 5.41) is 14.0. The molecule has 6 nitrogen and oxygen atoms in total. The highest BCUT2D eigenvalue weighted by molar-refractivity contribution is 5.61. The van der Waals surface area contributed by atoms with Crippen LogP contribution in [0.5, 0.6) is 0 Å². The minimum absolute atomic E-state index is 0.0862. The Labute approximate surface area is 106 Å². The number of nitrogens with one attached hydrogen (secondary N) is 1. The van der Waals surface area contributed by atoms with Gasteiger partial charge in [-0.05, 0) is 24.8 Å². The van der Waals surface area contributed by atoms with Crippen LogP contribution in [-0.2, 0) is 0 Å². The number of pyridine rings is 1. The molecule has 0 saturated carbocycles. The van der Waals surface area contributed by atoms with Gasteiger partial charge in [-0.2, -0.15) is 0 Å². The third-order valence-corrected chi connectivity index (χ3v) is 3.26. The van der Waals surface area contributed by atoms with Crippen molar-refractivity contribution in [3.05, 3.63) is 22.2 Å². The highest BCUT2D eigenvalue weighted by Gasteiger charge is 2.25. The number of rotatable bonds is 3. The molecule has 1 aliphatic heterocycles. The standard InChI is InChI=1S/C12H18N4O2/c1-9-4-3-7-15(8-9)12-10(16(17)18)5-6-11(13-2)14-12/h5-6,9H,3-4,7-8H2,1-2H3,(H,13,14). The Morgan fingerprint density at radius 1 is 1.56 bits per heavy atom. The van der Waals surface area contributed by atoms with E-state index in [4.69, 9.17) is 0 Å². The van der Waals surface area contributed by atoms with E-state index in [1.807, 2.05) is 4.90 Å². The van der Waals surface area contributed by atoms with E-state index in [0.29, 0.717) is 17.6 Å². The molecular weight excluding hydrogens is 232 g/mol. The molecule has 6 heteroatoms. The molecule has 0 amide bonds. The SMILES string of the molecule is CNc1ccc([N+](=O)[O-])c(N2CCCC(C)C2)n1. The van der Waals surface area contributed by atoms with Crippen LogP contribution in [-0.4, -0.2) is 30.0 Å². The van der Waals surface area contributed by atoms with Gasteiger partial charge in [0.05, 0.1) is 4.92 Å². The summed E-state index contributed by atoms with van der Waals surface area (Å²) in [6.45, 7) is 3.84. The molecule has 1 saturated heterocycles. The Morgan fingerprint density at radius 3 is 2.94 bits per heavy atom. The number of anilines is 2. The van der Waals surface area contributed by atoms with Gasteiger partial charge in [0.15, 0.2) is 0 Å². The first-order chi connectivity index (χ1) is 8.61. The van der Waals surface area contributed by atoms with E-state index >= 15 is 0 Å². The third kappa shape index (κ3) is 2.52. The number of nitrogens with zero attached hydrogens (tertiary/aromatic N) is 3. The Morgan fingerprint density at radius 2 is 2.33 bits per heavy atom. The van der Waals surface area contributed by atoms with Crippen molar-refractivity contribution in [1.82, 2.24) is 4.98 Å². The van der Waals surface area contributed by atoms with Gasteiger partial charge in [0.25, 0.3) is 0 Å². The molecule has 1 fully saturated rings. The van der Waals surface area contributed by atoms with Crippen molar-refractivity contribution in [2.24, 2.45) is 5.92 Å². The van der Waals surface area contributed by atoms with Gasteiger partial charge in [0.1, 0.15) is 5.82 Å². The lowest BCUT2D eigenvalue weighted by Crippen LogP contribution is -2.35. The summed E-state index contributed by atoms with van der Waals surface area (Å²) in [6.07, 6.45) is 2.24. The first kappa shape index (κ1) is 12.6. The van der Waals surface area contributed by atoms with Crippen molar-refractivity contribution < 1.29 is 4.92 Å². The van der Waals surface area contributed by atoms with E-state index in [1.54, 1.807) is 13.1 Å². The molecule has 1 aromatic heterocycles. The molecule has 2 heterocycles. The predicted molar refractivity (Wildman–Crippen MR) is 71.0 cm³/mol. The van der Waals surface area contributed by atoms with Crippen LogP contribution in [0.2, 0.25) is 0 Å². The molecule has 0 radical (unpaired) electrons. The molecule has 98 valence electrons.